The van der Waals surface area contributed by atoms with Crippen molar-refractivity contribution in [2.75, 3.05) is 6.54 Å². The van der Waals surface area contributed by atoms with Crippen LogP contribution in [-0.2, 0) is 23.0 Å². The normalized spacial score (nSPS) is 11.7. The Bertz CT molecular complexity index is 844. The molecule has 3 aromatic rings. The van der Waals surface area contributed by atoms with Gasteiger partial charge in [0.2, 0.25) is 10.0 Å². The zero-order valence-electron chi connectivity index (χ0n) is 13.2. The monoisotopic (exact) mass is 341 g/mol. The average Bonchev–Trinajstić information content (AvgIpc) is 3.13. The first kappa shape index (κ1) is 16.5. The lowest BCUT2D eigenvalue weighted by Gasteiger charge is -2.21. The van der Waals surface area contributed by atoms with Crippen LogP contribution in [0.15, 0.2) is 88.4 Å². The van der Waals surface area contributed by atoms with Gasteiger partial charge >= 0.3 is 0 Å². The van der Waals surface area contributed by atoms with Gasteiger partial charge in [0.15, 0.2) is 0 Å². The number of sulfonamides is 1. The molecule has 1 aromatic heterocycles. The van der Waals surface area contributed by atoms with Crippen LogP contribution >= 0.6 is 0 Å². The fraction of sp³-hybridized carbons (Fsp3) is 0.158. The van der Waals surface area contributed by atoms with E-state index in [0.29, 0.717) is 23.6 Å². The van der Waals surface area contributed by atoms with Crippen LogP contribution in [0.1, 0.15) is 11.3 Å². The Labute approximate surface area is 142 Å². The summed E-state index contributed by atoms with van der Waals surface area (Å²) in [5, 5.41) is 0. The maximum atomic E-state index is 13.0. The Balaban J connectivity index is 1.84. The van der Waals surface area contributed by atoms with Crippen molar-refractivity contribution in [1.29, 1.82) is 0 Å². The highest BCUT2D eigenvalue weighted by Gasteiger charge is 2.25. The predicted octanol–water partition coefficient (Wildman–Crippen LogP) is 3.71. The summed E-state index contributed by atoms with van der Waals surface area (Å²) < 4.78 is 32.7. The Kier molecular flexibility index (Phi) is 5.13. The van der Waals surface area contributed by atoms with Crippen LogP contribution in [0.2, 0.25) is 0 Å². The van der Waals surface area contributed by atoms with Gasteiger partial charge in [0.05, 0.1) is 17.7 Å². The fourth-order valence-electron chi connectivity index (χ4n) is 2.50. The Morgan fingerprint density at radius 2 is 1.50 bits per heavy atom. The summed E-state index contributed by atoms with van der Waals surface area (Å²) >= 11 is 0. The van der Waals surface area contributed by atoms with Gasteiger partial charge in [-0.3, -0.25) is 0 Å². The molecule has 0 radical (unpaired) electrons. The molecule has 24 heavy (non-hydrogen) atoms. The molecule has 0 amide bonds. The van der Waals surface area contributed by atoms with Gasteiger partial charge in [-0.05, 0) is 36.2 Å². The van der Waals surface area contributed by atoms with Gasteiger partial charge in [0, 0.05) is 6.54 Å². The Hall–Kier alpha value is -2.37. The molecule has 124 valence electrons. The summed E-state index contributed by atoms with van der Waals surface area (Å²) in [6.45, 7) is 0.610. The van der Waals surface area contributed by atoms with E-state index in [1.54, 1.807) is 48.7 Å². The molecule has 0 bridgehead atoms. The molecule has 0 spiro atoms. The molecule has 0 N–H and O–H groups in total. The number of rotatable bonds is 7. The van der Waals surface area contributed by atoms with Crippen molar-refractivity contribution in [3.63, 3.8) is 0 Å². The zero-order chi connectivity index (χ0) is 16.8. The smallest absolute Gasteiger partial charge is 0.243 e. The lowest BCUT2D eigenvalue weighted by molar-refractivity contribution is 0.366. The predicted molar refractivity (Wildman–Crippen MR) is 92.9 cm³/mol. The quantitative estimate of drug-likeness (QED) is 0.658. The van der Waals surface area contributed by atoms with Crippen molar-refractivity contribution in [1.82, 2.24) is 4.31 Å². The molecule has 1 heterocycles. The van der Waals surface area contributed by atoms with Crippen LogP contribution in [0, 0.1) is 0 Å². The first-order valence-electron chi connectivity index (χ1n) is 7.78. The van der Waals surface area contributed by atoms with Gasteiger partial charge in [0.25, 0.3) is 0 Å². The highest BCUT2D eigenvalue weighted by molar-refractivity contribution is 7.89. The van der Waals surface area contributed by atoms with E-state index in [-0.39, 0.29) is 6.54 Å². The molecule has 0 fully saturated rings. The summed E-state index contributed by atoms with van der Waals surface area (Å²) in [5.74, 6) is 0.627. The van der Waals surface area contributed by atoms with E-state index in [1.165, 1.54) is 4.31 Å². The second kappa shape index (κ2) is 7.47. The maximum absolute atomic E-state index is 13.0. The third-order valence-electron chi connectivity index (χ3n) is 3.79. The third kappa shape index (κ3) is 3.93. The van der Waals surface area contributed by atoms with E-state index >= 15 is 0 Å². The number of hydrogen-bond acceptors (Lipinski definition) is 3. The largest absolute Gasteiger partial charge is 0.468 e. The third-order valence-corrected chi connectivity index (χ3v) is 5.65. The summed E-state index contributed by atoms with van der Waals surface area (Å²) in [7, 11) is -3.57. The summed E-state index contributed by atoms with van der Waals surface area (Å²) in [6, 6.07) is 21.9. The maximum Gasteiger partial charge on any atom is 0.243 e. The van der Waals surface area contributed by atoms with Gasteiger partial charge in [-0.25, -0.2) is 8.42 Å². The molecule has 0 saturated heterocycles. The van der Waals surface area contributed by atoms with E-state index in [9.17, 15) is 8.42 Å². The van der Waals surface area contributed by atoms with Crippen LogP contribution < -0.4 is 0 Å². The van der Waals surface area contributed by atoms with E-state index in [1.807, 2.05) is 30.3 Å². The van der Waals surface area contributed by atoms with Crippen LogP contribution in [-0.4, -0.2) is 19.3 Å². The minimum atomic E-state index is -3.57. The highest BCUT2D eigenvalue weighted by atomic mass is 32.2. The van der Waals surface area contributed by atoms with Gasteiger partial charge in [-0.2, -0.15) is 4.31 Å². The molecule has 4 nitrogen and oxygen atoms in total. The molecule has 0 saturated carbocycles. The molecule has 3 rings (SSSR count). The topological polar surface area (TPSA) is 50.5 Å². The van der Waals surface area contributed by atoms with Crippen molar-refractivity contribution in [2.45, 2.75) is 17.9 Å². The van der Waals surface area contributed by atoms with Crippen LogP contribution in [0.3, 0.4) is 0 Å². The van der Waals surface area contributed by atoms with Crippen LogP contribution in [0.5, 0.6) is 0 Å². The van der Waals surface area contributed by atoms with Crippen LogP contribution in [0.4, 0.5) is 0 Å². The molecule has 0 aliphatic carbocycles. The van der Waals surface area contributed by atoms with Crippen molar-refractivity contribution in [3.05, 3.63) is 90.4 Å². The number of benzene rings is 2. The lowest BCUT2D eigenvalue weighted by Crippen LogP contribution is -2.32. The first-order valence-corrected chi connectivity index (χ1v) is 9.22. The average molecular weight is 341 g/mol. The molecule has 2 aromatic carbocycles. The highest BCUT2D eigenvalue weighted by Crippen LogP contribution is 2.19. The molecular formula is C19H19NO3S. The zero-order valence-corrected chi connectivity index (χ0v) is 14.0. The van der Waals surface area contributed by atoms with Gasteiger partial charge < -0.3 is 4.42 Å². The van der Waals surface area contributed by atoms with Crippen molar-refractivity contribution < 1.29 is 12.8 Å². The van der Waals surface area contributed by atoms with Crippen LogP contribution in [0.25, 0.3) is 0 Å². The summed E-state index contributed by atoms with van der Waals surface area (Å²) in [5.41, 5.74) is 1.10. The van der Waals surface area contributed by atoms with Crippen molar-refractivity contribution >= 4 is 10.0 Å². The van der Waals surface area contributed by atoms with Crippen molar-refractivity contribution in [2.24, 2.45) is 0 Å². The lowest BCUT2D eigenvalue weighted by atomic mass is 10.1. The van der Waals surface area contributed by atoms with Crippen molar-refractivity contribution in [3.8, 4) is 0 Å². The van der Waals surface area contributed by atoms with Gasteiger partial charge in [-0.15, -0.1) is 0 Å². The number of furan rings is 1. The molecular weight excluding hydrogens is 322 g/mol. The summed E-state index contributed by atoms with van der Waals surface area (Å²) in [4.78, 5) is 0.296. The van der Waals surface area contributed by atoms with E-state index in [0.717, 1.165) is 5.56 Å². The fourth-order valence-corrected chi connectivity index (χ4v) is 3.93. The van der Waals surface area contributed by atoms with E-state index < -0.39 is 10.0 Å². The minimum Gasteiger partial charge on any atom is -0.468 e. The standard InChI is InChI=1S/C19H19NO3S/c21-24(22,19-11-5-2-6-12-19)20(16-18-10-7-15-23-18)14-13-17-8-3-1-4-9-17/h1-12,15H,13-14,16H2. The summed E-state index contributed by atoms with van der Waals surface area (Å²) in [6.07, 6.45) is 2.20. The second-order valence-corrected chi connectivity index (χ2v) is 7.40. The number of nitrogens with zero attached hydrogens (tertiary/aromatic N) is 1. The molecule has 0 aliphatic rings. The molecule has 0 aliphatic heterocycles. The first-order chi connectivity index (χ1) is 11.7. The van der Waals surface area contributed by atoms with E-state index in [2.05, 4.69) is 0 Å². The SMILES string of the molecule is O=S(=O)(c1ccccc1)N(CCc1ccccc1)Cc1ccco1. The van der Waals surface area contributed by atoms with Gasteiger partial charge in [-0.1, -0.05) is 48.5 Å². The second-order valence-electron chi connectivity index (χ2n) is 5.47. The van der Waals surface area contributed by atoms with E-state index in [4.69, 9.17) is 4.42 Å². The molecule has 0 atom stereocenters. The van der Waals surface area contributed by atoms with Gasteiger partial charge in [0.1, 0.15) is 5.76 Å². The Morgan fingerprint density at radius 3 is 2.12 bits per heavy atom. The molecule has 0 unspecified atom stereocenters. The molecule has 5 heteroatoms. The Morgan fingerprint density at radius 1 is 0.833 bits per heavy atom. The minimum absolute atomic E-state index is 0.219. The number of hydrogen-bond donors (Lipinski definition) is 0.